The van der Waals surface area contributed by atoms with Gasteiger partial charge in [-0.05, 0) is 44.2 Å². The van der Waals surface area contributed by atoms with Crippen molar-refractivity contribution in [2.45, 2.75) is 46.6 Å². The van der Waals surface area contributed by atoms with Crippen LogP contribution in [0.2, 0.25) is 0 Å². The first kappa shape index (κ1) is 12.0. The molecule has 0 amide bonds. The average molecular weight is 199 g/mol. The Kier molecular flexibility index (Phi) is 3.96. The van der Waals surface area contributed by atoms with Crippen LogP contribution in [0, 0.1) is 11.3 Å². The van der Waals surface area contributed by atoms with Crippen LogP contribution >= 0.6 is 0 Å². The molecule has 1 rings (SSSR count). The summed E-state index contributed by atoms with van der Waals surface area (Å²) in [4.78, 5) is 2.53. The maximum absolute atomic E-state index is 9.48. The highest BCUT2D eigenvalue weighted by Crippen LogP contribution is 2.23. The summed E-state index contributed by atoms with van der Waals surface area (Å²) in [5.74, 6) is 0.534. The highest BCUT2D eigenvalue weighted by molar-refractivity contribution is 4.78. The molecule has 1 unspecified atom stereocenters. The molecule has 84 valence electrons. The molecule has 1 aliphatic rings. The quantitative estimate of drug-likeness (QED) is 0.736. The first-order valence-corrected chi connectivity index (χ1v) is 5.79. The summed E-state index contributed by atoms with van der Waals surface area (Å²) in [5.41, 5.74) is 0.400. The Morgan fingerprint density at radius 2 is 1.79 bits per heavy atom. The van der Waals surface area contributed by atoms with Crippen molar-refractivity contribution in [3.05, 3.63) is 0 Å². The lowest BCUT2D eigenvalue weighted by molar-refractivity contribution is 0.0605. The maximum Gasteiger partial charge on any atom is 0.0541 e. The first-order chi connectivity index (χ1) is 6.38. The van der Waals surface area contributed by atoms with E-state index in [1.165, 1.54) is 6.54 Å². The molecule has 0 bridgehead atoms. The van der Waals surface area contributed by atoms with Crippen LogP contribution in [0.4, 0.5) is 0 Å². The minimum atomic E-state index is -0.119. The highest BCUT2D eigenvalue weighted by atomic mass is 16.3. The van der Waals surface area contributed by atoms with Gasteiger partial charge in [0.1, 0.15) is 0 Å². The van der Waals surface area contributed by atoms with Crippen molar-refractivity contribution in [3.63, 3.8) is 0 Å². The zero-order chi connectivity index (χ0) is 10.8. The molecule has 0 aromatic heterocycles. The van der Waals surface area contributed by atoms with E-state index in [1.54, 1.807) is 0 Å². The largest absolute Gasteiger partial charge is 0.393 e. The van der Waals surface area contributed by atoms with Crippen LogP contribution in [0.3, 0.4) is 0 Å². The lowest BCUT2D eigenvalue weighted by Gasteiger charge is -2.36. The van der Waals surface area contributed by atoms with Crippen LogP contribution in [-0.4, -0.2) is 35.7 Å². The minimum Gasteiger partial charge on any atom is -0.393 e. The molecule has 0 aromatic rings. The third kappa shape index (κ3) is 3.97. The molecule has 1 atom stereocenters. The van der Waals surface area contributed by atoms with E-state index in [2.05, 4.69) is 25.7 Å². The van der Waals surface area contributed by atoms with E-state index in [0.717, 1.165) is 25.9 Å². The van der Waals surface area contributed by atoms with Gasteiger partial charge in [-0.3, -0.25) is 0 Å². The molecule has 2 heteroatoms. The van der Waals surface area contributed by atoms with Crippen LogP contribution in [0.5, 0.6) is 0 Å². The zero-order valence-corrected chi connectivity index (χ0v) is 10.1. The molecule has 0 aromatic carbocycles. The van der Waals surface area contributed by atoms with Gasteiger partial charge in [0.15, 0.2) is 0 Å². The molecule has 1 fully saturated rings. The average Bonchev–Trinajstić information content (AvgIpc) is 2.02. The summed E-state index contributed by atoms with van der Waals surface area (Å²) in [7, 11) is 0. The Morgan fingerprint density at radius 1 is 1.29 bits per heavy atom. The number of nitrogens with zero attached hydrogens (tertiary/aromatic N) is 1. The minimum absolute atomic E-state index is 0.119. The molecule has 0 aliphatic carbocycles. The van der Waals surface area contributed by atoms with Crippen molar-refractivity contribution < 1.29 is 5.11 Å². The maximum atomic E-state index is 9.48. The van der Waals surface area contributed by atoms with Gasteiger partial charge in [0, 0.05) is 6.54 Å². The molecule has 1 saturated heterocycles. The van der Waals surface area contributed by atoms with Crippen LogP contribution < -0.4 is 0 Å². The van der Waals surface area contributed by atoms with Crippen molar-refractivity contribution in [2.75, 3.05) is 19.6 Å². The fourth-order valence-electron chi connectivity index (χ4n) is 2.26. The molecule has 0 spiro atoms. The van der Waals surface area contributed by atoms with E-state index in [9.17, 15) is 5.11 Å². The molecule has 1 N–H and O–H groups in total. The second kappa shape index (κ2) is 4.63. The predicted molar refractivity (Wildman–Crippen MR) is 60.3 cm³/mol. The van der Waals surface area contributed by atoms with Crippen molar-refractivity contribution in [2.24, 2.45) is 11.3 Å². The summed E-state index contributed by atoms with van der Waals surface area (Å²) < 4.78 is 0. The fourth-order valence-corrected chi connectivity index (χ4v) is 2.26. The van der Waals surface area contributed by atoms with E-state index >= 15 is 0 Å². The number of aliphatic hydroxyl groups excluding tert-OH is 1. The van der Waals surface area contributed by atoms with E-state index in [-0.39, 0.29) is 6.10 Å². The summed E-state index contributed by atoms with van der Waals surface area (Å²) in [6.07, 6.45) is 2.20. The molecule has 14 heavy (non-hydrogen) atoms. The van der Waals surface area contributed by atoms with Crippen molar-refractivity contribution in [1.82, 2.24) is 4.90 Å². The summed E-state index contributed by atoms with van der Waals surface area (Å²) in [6, 6.07) is 0. The van der Waals surface area contributed by atoms with E-state index in [1.807, 2.05) is 6.92 Å². The smallest absolute Gasteiger partial charge is 0.0541 e. The van der Waals surface area contributed by atoms with Gasteiger partial charge in [0.25, 0.3) is 0 Å². The number of hydrogen-bond acceptors (Lipinski definition) is 2. The number of likely N-dealkylation sites (tertiary alicyclic amines) is 1. The van der Waals surface area contributed by atoms with E-state index < -0.39 is 0 Å². The Balaban J connectivity index is 2.29. The number of hydrogen-bond donors (Lipinski definition) is 1. The fraction of sp³-hybridized carbons (Fsp3) is 1.00. The molecular weight excluding hydrogens is 174 g/mol. The number of rotatable bonds is 2. The molecule has 1 heterocycles. The molecule has 0 radical (unpaired) electrons. The number of piperidine rings is 1. The third-order valence-corrected chi connectivity index (χ3v) is 3.01. The molecule has 1 aliphatic heterocycles. The van der Waals surface area contributed by atoms with Gasteiger partial charge in [0.05, 0.1) is 6.10 Å². The highest BCUT2D eigenvalue weighted by Gasteiger charge is 2.24. The van der Waals surface area contributed by atoms with E-state index in [4.69, 9.17) is 0 Å². The Bertz CT molecular complexity index is 164. The zero-order valence-electron chi connectivity index (χ0n) is 10.1. The molecular formula is C12H25NO. The van der Waals surface area contributed by atoms with Crippen LogP contribution in [-0.2, 0) is 0 Å². The SMILES string of the molecule is CC(O)C1CCN(CC(C)(C)C)CC1. The second-order valence-corrected chi connectivity index (χ2v) is 5.91. The normalized spacial score (nSPS) is 23.8. The van der Waals surface area contributed by atoms with Gasteiger partial charge in [-0.1, -0.05) is 20.8 Å². The topological polar surface area (TPSA) is 23.5 Å². The van der Waals surface area contributed by atoms with Crippen molar-refractivity contribution in [3.8, 4) is 0 Å². The third-order valence-electron chi connectivity index (χ3n) is 3.01. The van der Waals surface area contributed by atoms with Crippen LogP contribution in [0.25, 0.3) is 0 Å². The second-order valence-electron chi connectivity index (χ2n) is 5.91. The van der Waals surface area contributed by atoms with Crippen molar-refractivity contribution >= 4 is 0 Å². The summed E-state index contributed by atoms with van der Waals surface area (Å²) >= 11 is 0. The van der Waals surface area contributed by atoms with Gasteiger partial charge in [-0.15, -0.1) is 0 Å². The monoisotopic (exact) mass is 199 g/mol. The van der Waals surface area contributed by atoms with Crippen LogP contribution in [0.15, 0.2) is 0 Å². The predicted octanol–water partition coefficient (Wildman–Crippen LogP) is 2.13. The van der Waals surface area contributed by atoms with E-state index in [0.29, 0.717) is 11.3 Å². The number of aliphatic hydroxyl groups is 1. The van der Waals surface area contributed by atoms with Crippen molar-refractivity contribution in [1.29, 1.82) is 0 Å². The Hall–Kier alpha value is -0.0800. The summed E-state index contributed by atoms with van der Waals surface area (Å²) in [5, 5.41) is 9.48. The summed E-state index contributed by atoms with van der Waals surface area (Å²) in [6.45, 7) is 12.3. The van der Waals surface area contributed by atoms with Gasteiger partial charge in [-0.2, -0.15) is 0 Å². The molecule has 0 saturated carbocycles. The first-order valence-electron chi connectivity index (χ1n) is 5.79. The standard InChI is InChI=1S/C12H25NO/c1-10(14)11-5-7-13(8-6-11)9-12(2,3)4/h10-11,14H,5-9H2,1-4H3. The Morgan fingerprint density at radius 3 is 2.14 bits per heavy atom. The lowest BCUT2D eigenvalue weighted by Crippen LogP contribution is -2.41. The Labute approximate surface area is 88.3 Å². The van der Waals surface area contributed by atoms with Gasteiger partial charge < -0.3 is 10.0 Å². The van der Waals surface area contributed by atoms with Gasteiger partial charge in [-0.25, -0.2) is 0 Å². The van der Waals surface area contributed by atoms with Crippen LogP contribution in [0.1, 0.15) is 40.5 Å². The van der Waals surface area contributed by atoms with Gasteiger partial charge >= 0.3 is 0 Å². The lowest BCUT2D eigenvalue weighted by atomic mass is 9.89. The molecule has 2 nitrogen and oxygen atoms in total. The van der Waals surface area contributed by atoms with Gasteiger partial charge in [0.2, 0.25) is 0 Å².